The van der Waals surface area contributed by atoms with Gasteiger partial charge in [-0.05, 0) is 62.9 Å². The standard InChI is InChI=1S/C25H22FN3O6/c1-14(30)18-10-21-22(35-13-34-21)11-19(18)27-23(31)12-33-25(32)24-17-4-2-3-5-20(17)29(28-24)16-8-6-15(26)7-9-16/h6-11H,2-5,12-13H2,1H3,(H,27,31). The van der Waals surface area contributed by atoms with Gasteiger partial charge < -0.3 is 19.5 Å². The van der Waals surface area contributed by atoms with Crippen LogP contribution in [0.15, 0.2) is 36.4 Å². The number of hydrogen-bond donors (Lipinski definition) is 1. The van der Waals surface area contributed by atoms with E-state index in [2.05, 4.69) is 10.4 Å². The molecule has 2 aromatic carbocycles. The van der Waals surface area contributed by atoms with Gasteiger partial charge in [-0.1, -0.05) is 0 Å². The lowest BCUT2D eigenvalue weighted by atomic mass is 9.95. The molecule has 35 heavy (non-hydrogen) atoms. The van der Waals surface area contributed by atoms with E-state index >= 15 is 0 Å². The molecule has 0 radical (unpaired) electrons. The highest BCUT2D eigenvalue weighted by molar-refractivity contribution is 6.05. The lowest BCUT2D eigenvalue weighted by Gasteiger charge is -2.14. The molecular weight excluding hydrogens is 457 g/mol. The van der Waals surface area contributed by atoms with Crippen LogP contribution in [-0.2, 0) is 22.4 Å². The monoisotopic (exact) mass is 479 g/mol. The van der Waals surface area contributed by atoms with Gasteiger partial charge in [0.2, 0.25) is 6.79 Å². The molecule has 1 aliphatic carbocycles. The van der Waals surface area contributed by atoms with E-state index in [4.69, 9.17) is 14.2 Å². The number of amides is 1. The van der Waals surface area contributed by atoms with Crippen LogP contribution in [0.3, 0.4) is 0 Å². The SMILES string of the molecule is CC(=O)c1cc2c(cc1NC(=O)COC(=O)c1nn(-c3ccc(F)cc3)c3c1CCCC3)OCO2. The average Bonchev–Trinajstić information content (AvgIpc) is 3.47. The number of Topliss-reactive ketones (excluding diaryl/α,β-unsaturated/α-hetero) is 1. The first-order chi connectivity index (χ1) is 16.9. The van der Waals surface area contributed by atoms with Crippen LogP contribution in [0.2, 0.25) is 0 Å². The van der Waals surface area contributed by atoms with Gasteiger partial charge in [-0.15, -0.1) is 0 Å². The molecule has 0 saturated heterocycles. The van der Waals surface area contributed by atoms with E-state index in [9.17, 15) is 18.8 Å². The molecule has 2 heterocycles. The first-order valence-electron chi connectivity index (χ1n) is 11.2. The zero-order chi connectivity index (χ0) is 24.5. The Morgan fingerprint density at radius 3 is 2.54 bits per heavy atom. The zero-order valence-electron chi connectivity index (χ0n) is 18.9. The van der Waals surface area contributed by atoms with Crippen molar-refractivity contribution in [2.24, 2.45) is 0 Å². The highest BCUT2D eigenvalue weighted by Crippen LogP contribution is 2.37. The van der Waals surface area contributed by atoms with Gasteiger partial charge in [-0.2, -0.15) is 5.10 Å². The van der Waals surface area contributed by atoms with Gasteiger partial charge in [0.1, 0.15) is 5.82 Å². The maximum atomic E-state index is 13.4. The fourth-order valence-electron chi connectivity index (χ4n) is 4.28. The third kappa shape index (κ3) is 4.46. The van der Waals surface area contributed by atoms with Gasteiger partial charge in [-0.3, -0.25) is 9.59 Å². The zero-order valence-corrected chi connectivity index (χ0v) is 18.9. The number of halogens is 1. The number of esters is 1. The molecule has 3 aromatic rings. The van der Waals surface area contributed by atoms with Crippen molar-refractivity contribution in [3.8, 4) is 17.2 Å². The normalized spacial score (nSPS) is 13.8. The molecule has 0 bridgehead atoms. The molecule has 1 aromatic heterocycles. The Labute approximate surface area is 199 Å². The fraction of sp³-hybridized carbons (Fsp3) is 0.280. The fourth-order valence-corrected chi connectivity index (χ4v) is 4.28. The summed E-state index contributed by atoms with van der Waals surface area (Å²) in [4.78, 5) is 37.4. The molecule has 0 fully saturated rings. The molecular formula is C25H22FN3O6. The summed E-state index contributed by atoms with van der Waals surface area (Å²) in [6.07, 6.45) is 3.24. The summed E-state index contributed by atoms with van der Waals surface area (Å²) in [6.45, 7) is 0.827. The van der Waals surface area contributed by atoms with Crippen molar-refractivity contribution in [1.82, 2.24) is 9.78 Å². The Morgan fingerprint density at radius 2 is 1.80 bits per heavy atom. The highest BCUT2D eigenvalue weighted by Gasteiger charge is 2.27. The van der Waals surface area contributed by atoms with Crippen molar-refractivity contribution in [3.05, 3.63) is 64.7 Å². The molecule has 9 nitrogen and oxygen atoms in total. The third-order valence-corrected chi connectivity index (χ3v) is 5.95. The van der Waals surface area contributed by atoms with E-state index < -0.39 is 18.5 Å². The highest BCUT2D eigenvalue weighted by atomic mass is 19.1. The van der Waals surface area contributed by atoms with Crippen molar-refractivity contribution in [2.75, 3.05) is 18.7 Å². The summed E-state index contributed by atoms with van der Waals surface area (Å²) in [6, 6.07) is 8.86. The second-order valence-electron chi connectivity index (χ2n) is 8.30. The quantitative estimate of drug-likeness (QED) is 0.425. The van der Waals surface area contributed by atoms with Crippen LogP contribution in [0.4, 0.5) is 10.1 Å². The lowest BCUT2D eigenvalue weighted by Crippen LogP contribution is -2.22. The van der Waals surface area contributed by atoms with Crippen molar-refractivity contribution in [3.63, 3.8) is 0 Å². The number of carbonyl (C=O) groups is 3. The van der Waals surface area contributed by atoms with Gasteiger partial charge in [0.15, 0.2) is 29.6 Å². The van der Waals surface area contributed by atoms with Crippen molar-refractivity contribution in [1.29, 1.82) is 0 Å². The van der Waals surface area contributed by atoms with Crippen LogP contribution >= 0.6 is 0 Å². The summed E-state index contributed by atoms with van der Waals surface area (Å²) in [7, 11) is 0. The minimum atomic E-state index is -0.725. The first kappa shape index (κ1) is 22.6. The second-order valence-corrected chi connectivity index (χ2v) is 8.30. The van der Waals surface area contributed by atoms with E-state index in [0.717, 1.165) is 30.5 Å². The molecule has 0 atom stereocenters. The van der Waals surface area contributed by atoms with Crippen LogP contribution in [0.25, 0.3) is 5.69 Å². The molecule has 180 valence electrons. The van der Waals surface area contributed by atoms with Crippen LogP contribution < -0.4 is 14.8 Å². The summed E-state index contributed by atoms with van der Waals surface area (Å²) in [5.74, 6) is -1.16. The Morgan fingerprint density at radius 1 is 1.09 bits per heavy atom. The number of ether oxygens (including phenoxy) is 3. The number of anilines is 1. The molecule has 0 saturated carbocycles. The summed E-state index contributed by atoms with van der Waals surface area (Å²) >= 11 is 0. The minimum absolute atomic E-state index is 0.0244. The molecule has 0 unspecified atom stereocenters. The van der Waals surface area contributed by atoms with E-state index in [1.165, 1.54) is 31.2 Å². The van der Waals surface area contributed by atoms with Crippen LogP contribution in [0.1, 0.15) is 51.9 Å². The number of ketones is 1. The molecule has 1 N–H and O–H groups in total. The van der Waals surface area contributed by atoms with Crippen molar-refractivity contribution >= 4 is 23.3 Å². The summed E-state index contributed by atoms with van der Waals surface area (Å²) < 4.78 is 30.9. The maximum Gasteiger partial charge on any atom is 0.359 e. The smallest absolute Gasteiger partial charge is 0.359 e. The van der Waals surface area contributed by atoms with Gasteiger partial charge in [0.05, 0.1) is 11.4 Å². The van der Waals surface area contributed by atoms with E-state index in [1.54, 1.807) is 16.8 Å². The topological polar surface area (TPSA) is 109 Å². The number of fused-ring (bicyclic) bond motifs is 2. The Kier molecular flexibility index (Phi) is 5.94. The van der Waals surface area contributed by atoms with Crippen LogP contribution in [0.5, 0.6) is 11.5 Å². The number of rotatable bonds is 6. The number of carbonyl (C=O) groups excluding carboxylic acids is 3. The predicted molar refractivity (Wildman–Crippen MR) is 122 cm³/mol. The van der Waals surface area contributed by atoms with Gasteiger partial charge in [0.25, 0.3) is 5.91 Å². The van der Waals surface area contributed by atoms with E-state index in [-0.39, 0.29) is 35.3 Å². The Balaban J connectivity index is 1.32. The molecule has 10 heteroatoms. The molecule has 0 spiro atoms. The summed E-state index contributed by atoms with van der Waals surface area (Å²) in [5, 5.41) is 7.04. The van der Waals surface area contributed by atoms with Crippen LogP contribution in [-0.4, -0.2) is 40.8 Å². The van der Waals surface area contributed by atoms with Crippen molar-refractivity contribution in [2.45, 2.75) is 32.6 Å². The number of nitrogens with zero attached hydrogens (tertiary/aromatic N) is 2. The molecule has 2 aliphatic rings. The minimum Gasteiger partial charge on any atom is -0.454 e. The molecule has 1 aliphatic heterocycles. The average molecular weight is 479 g/mol. The van der Waals surface area contributed by atoms with E-state index in [1.807, 2.05) is 0 Å². The second kappa shape index (κ2) is 9.21. The van der Waals surface area contributed by atoms with E-state index in [0.29, 0.717) is 23.6 Å². The van der Waals surface area contributed by atoms with Gasteiger partial charge in [-0.25, -0.2) is 13.9 Å². The van der Waals surface area contributed by atoms with Gasteiger partial charge >= 0.3 is 5.97 Å². The maximum absolute atomic E-state index is 13.4. The largest absolute Gasteiger partial charge is 0.454 e. The molecule has 5 rings (SSSR count). The van der Waals surface area contributed by atoms with Crippen LogP contribution in [0, 0.1) is 5.82 Å². The Hall–Kier alpha value is -4.21. The third-order valence-electron chi connectivity index (χ3n) is 5.95. The number of aromatic nitrogens is 2. The number of nitrogens with one attached hydrogen (secondary N) is 1. The number of hydrogen-bond acceptors (Lipinski definition) is 7. The van der Waals surface area contributed by atoms with Crippen molar-refractivity contribution < 1.29 is 33.0 Å². The Bertz CT molecular complexity index is 1330. The predicted octanol–water partition coefficient (Wildman–Crippen LogP) is 3.62. The van der Waals surface area contributed by atoms with Gasteiger partial charge in [0, 0.05) is 22.9 Å². The summed E-state index contributed by atoms with van der Waals surface area (Å²) in [5.41, 5.74) is 2.93. The molecule has 1 amide bonds. The lowest BCUT2D eigenvalue weighted by molar-refractivity contribution is -0.119. The first-order valence-corrected chi connectivity index (χ1v) is 11.2. The number of benzene rings is 2.